The summed E-state index contributed by atoms with van der Waals surface area (Å²) in [6, 6.07) is 14.1. The molecule has 1 atom stereocenters. The van der Waals surface area contributed by atoms with Crippen LogP contribution in [0.3, 0.4) is 0 Å². The van der Waals surface area contributed by atoms with Gasteiger partial charge in [-0.25, -0.2) is 13.2 Å². The first-order valence-corrected chi connectivity index (χ1v) is 13.8. The van der Waals surface area contributed by atoms with Crippen LogP contribution in [0.15, 0.2) is 67.3 Å². The minimum absolute atomic E-state index is 0.161. The molecule has 0 spiro atoms. The molecule has 0 aliphatic heterocycles. The zero-order chi connectivity index (χ0) is 28.6. The fourth-order valence-corrected chi connectivity index (χ4v) is 5.17. The first-order valence-electron chi connectivity index (χ1n) is 13.8. The molecule has 4 rings (SSSR count). The predicted octanol–water partition coefficient (Wildman–Crippen LogP) is 8.44. The maximum Gasteiger partial charge on any atom is 0.314 e. The summed E-state index contributed by atoms with van der Waals surface area (Å²) in [5.74, 6) is -3.53. The van der Waals surface area contributed by atoms with E-state index in [2.05, 4.69) is 6.58 Å². The lowest BCUT2D eigenvalue weighted by Gasteiger charge is -2.28. The molecular weight excluding hydrogens is 517 g/mol. The molecule has 3 aromatic rings. The summed E-state index contributed by atoms with van der Waals surface area (Å²) in [7, 11) is 0. The lowest BCUT2D eigenvalue weighted by Crippen LogP contribution is -2.25. The van der Waals surface area contributed by atoms with Crippen molar-refractivity contribution in [1.82, 2.24) is 0 Å². The minimum Gasteiger partial charge on any atom is -0.493 e. The van der Waals surface area contributed by atoms with Crippen LogP contribution in [-0.4, -0.2) is 17.7 Å². The van der Waals surface area contributed by atoms with Gasteiger partial charge >= 0.3 is 5.97 Å². The minimum atomic E-state index is -0.909. The SMILES string of the molecule is C=CCCOc1ccc(OC(=O)C2CCC(c3ccc(-c4ccc(C(O)CCC)cc4)c(F)c3F)CC2)c(F)c1. The average molecular weight is 553 g/mol. The Balaban J connectivity index is 1.36. The van der Waals surface area contributed by atoms with Crippen LogP contribution in [0.5, 0.6) is 11.5 Å². The van der Waals surface area contributed by atoms with Crippen LogP contribution in [-0.2, 0) is 4.79 Å². The molecule has 1 saturated carbocycles. The number of aliphatic hydroxyl groups excluding tert-OH is 1. The summed E-state index contributed by atoms with van der Waals surface area (Å²) >= 11 is 0. The summed E-state index contributed by atoms with van der Waals surface area (Å²) in [6.07, 6.45) is 5.04. The van der Waals surface area contributed by atoms with Crippen molar-refractivity contribution in [2.75, 3.05) is 6.61 Å². The molecule has 1 aliphatic rings. The highest BCUT2D eigenvalue weighted by atomic mass is 19.2. The van der Waals surface area contributed by atoms with E-state index >= 15 is 8.78 Å². The molecule has 0 aromatic heterocycles. The van der Waals surface area contributed by atoms with E-state index in [9.17, 15) is 14.3 Å². The molecule has 40 heavy (non-hydrogen) atoms. The number of ether oxygens (including phenoxy) is 2. The molecule has 4 nitrogen and oxygen atoms in total. The van der Waals surface area contributed by atoms with Crippen LogP contribution in [0.25, 0.3) is 11.1 Å². The van der Waals surface area contributed by atoms with Gasteiger partial charge in [-0.1, -0.05) is 55.8 Å². The Kier molecular flexibility index (Phi) is 10.0. The number of aliphatic hydroxyl groups is 1. The Morgan fingerprint density at radius 1 is 1.02 bits per heavy atom. The molecule has 1 fully saturated rings. The Hall–Kier alpha value is -3.58. The molecule has 7 heteroatoms. The van der Waals surface area contributed by atoms with Gasteiger partial charge < -0.3 is 14.6 Å². The summed E-state index contributed by atoms with van der Waals surface area (Å²) in [5, 5.41) is 10.2. The van der Waals surface area contributed by atoms with Gasteiger partial charge in [0.15, 0.2) is 23.2 Å². The Morgan fingerprint density at radius 3 is 2.40 bits per heavy atom. The Morgan fingerprint density at radius 2 is 1.75 bits per heavy atom. The normalized spacial score (nSPS) is 17.7. The van der Waals surface area contributed by atoms with Gasteiger partial charge in [0.05, 0.1) is 18.6 Å². The van der Waals surface area contributed by atoms with Crippen LogP contribution in [0.1, 0.15) is 75.0 Å². The van der Waals surface area contributed by atoms with Crippen molar-refractivity contribution >= 4 is 5.97 Å². The smallest absolute Gasteiger partial charge is 0.314 e. The monoisotopic (exact) mass is 552 g/mol. The maximum atomic E-state index is 15.2. The lowest BCUT2D eigenvalue weighted by atomic mass is 9.78. The topological polar surface area (TPSA) is 55.8 Å². The number of benzene rings is 3. The van der Waals surface area contributed by atoms with Gasteiger partial charge in [-0.05, 0) is 73.3 Å². The first-order chi connectivity index (χ1) is 19.3. The highest BCUT2D eigenvalue weighted by molar-refractivity contribution is 5.75. The van der Waals surface area contributed by atoms with Gasteiger partial charge in [0.2, 0.25) is 0 Å². The van der Waals surface area contributed by atoms with E-state index in [1.165, 1.54) is 18.2 Å². The first kappa shape index (κ1) is 29.4. The molecule has 0 amide bonds. The van der Waals surface area contributed by atoms with Crippen LogP contribution >= 0.6 is 0 Å². The van der Waals surface area contributed by atoms with Crippen LogP contribution in [0.2, 0.25) is 0 Å². The van der Waals surface area contributed by atoms with Crippen molar-refractivity contribution in [3.05, 3.63) is 95.8 Å². The van der Waals surface area contributed by atoms with E-state index in [4.69, 9.17) is 9.47 Å². The number of esters is 1. The summed E-state index contributed by atoms with van der Waals surface area (Å²) in [5.41, 5.74) is 1.73. The zero-order valence-electron chi connectivity index (χ0n) is 22.7. The van der Waals surface area contributed by atoms with Gasteiger partial charge in [-0.15, -0.1) is 6.58 Å². The highest BCUT2D eigenvalue weighted by Crippen LogP contribution is 2.40. The van der Waals surface area contributed by atoms with Gasteiger partial charge in [0.25, 0.3) is 0 Å². The molecular formula is C33H35F3O4. The molecule has 1 unspecified atom stereocenters. The van der Waals surface area contributed by atoms with Crippen molar-refractivity contribution < 1.29 is 32.5 Å². The third-order valence-electron chi connectivity index (χ3n) is 7.49. The van der Waals surface area contributed by atoms with Crippen LogP contribution < -0.4 is 9.47 Å². The van der Waals surface area contributed by atoms with Crippen molar-refractivity contribution in [2.45, 2.75) is 63.9 Å². The van der Waals surface area contributed by atoms with E-state index in [0.717, 1.165) is 12.0 Å². The summed E-state index contributed by atoms with van der Waals surface area (Å²) in [6.45, 7) is 5.96. The number of carbonyl (C=O) groups excluding carboxylic acids is 1. The molecule has 212 valence electrons. The second-order valence-corrected chi connectivity index (χ2v) is 10.2. The molecule has 0 saturated heterocycles. The number of hydrogen-bond donors (Lipinski definition) is 1. The van der Waals surface area contributed by atoms with Crippen LogP contribution in [0, 0.1) is 23.4 Å². The average Bonchev–Trinajstić information content (AvgIpc) is 2.96. The van der Waals surface area contributed by atoms with Crippen molar-refractivity contribution in [1.29, 1.82) is 0 Å². The van der Waals surface area contributed by atoms with E-state index in [1.807, 2.05) is 6.92 Å². The van der Waals surface area contributed by atoms with E-state index < -0.39 is 35.4 Å². The molecule has 0 radical (unpaired) electrons. The maximum absolute atomic E-state index is 15.2. The van der Waals surface area contributed by atoms with Gasteiger partial charge in [-0.2, -0.15) is 0 Å². The highest BCUT2D eigenvalue weighted by Gasteiger charge is 2.31. The van der Waals surface area contributed by atoms with Crippen molar-refractivity contribution in [2.24, 2.45) is 5.92 Å². The number of halogens is 3. The van der Waals surface area contributed by atoms with Gasteiger partial charge in [0, 0.05) is 11.6 Å². The number of hydrogen-bond acceptors (Lipinski definition) is 4. The standard InChI is InChI=1S/C33H35F3O4/c1-3-5-19-39-25-15-18-30(28(34)20-25)40-33(38)24-13-9-22(10-14-24)27-17-16-26(31(35)32(27)36)21-7-11-23(12-8-21)29(37)6-4-2/h3,7-8,11-12,15-18,20,22,24,29,37H,1,4-6,9-10,13-14,19H2,2H3. The van der Waals surface area contributed by atoms with E-state index in [0.29, 0.717) is 62.0 Å². The Labute approximate surface area is 233 Å². The summed E-state index contributed by atoms with van der Waals surface area (Å²) in [4.78, 5) is 12.7. The number of rotatable bonds is 11. The Bertz CT molecular complexity index is 1310. The molecule has 0 heterocycles. The predicted molar refractivity (Wildman–Crippen MR) is 149 cm³/mol. The van der Waals surface area contributed by atoms with E-state index in [-0.39, 0.29) is 17.2 Å². The molecule has 1 aliphatic carbocycles. The molecule has 1 N–H and O–H groups in total. The second kappa shape index (κ2) is 13.7. The zero-order valence-corrected chi connectivity index (χ0v) is 22.7. The number of carbonyl (C=O) groups is 1. The molecule has 0 bridgehead atoms. The quantitative estimate of drug-likeness (QED) is 0.112. The van der Waals surface area contributed by atoms with Crippen molar-refractivity contribution in [3.8, 4) is 22.6 Å². The van der Waals surface area contributed by atoms with Gasteiger partial charge in [0.1, 0.15) is 5.75 Å². The van der Waals surface area contributed by atoms with Crippen molar-refractivity contribution in [3.63, 3.8) is 0 Å². The molecule has 3 aromatic carbocycles. The third-order valence-corrected chi connectivity index (χ3v) is 7.49. The second-order valence-electron chi connectivity index (χ2n) is 10.2. The third kappa shape index (κ3) is 6.94. The summed E-state index contributed by atoms with van der Waals surface area (Å²) < 4.78 is 55.5. The van der Waals surface area contributed by atoms with E-state index in [1.54, 1.807) is 42.5 Å². The fraction of sp³-hybridized carbons (Fsp3) is 0.364. The van der Waals surface area contributed by atoms with Gasteiger partial charge in [-0.3, -0.25) is 4.79 Å². The largest absolute Gasteiger partial charge is 0.493 e. The lowest BCUT2D eigenvalue weighted by molar-refractivity contribution is -0.140. The van der Waals surface area contributed by atoms with Crippen LogP contribution in [0.4, 0.5) is 13.2 Å². The fourth-order valence-electron chi connectivity index (χ4n) is 5.17.